The van der Waals surface area contributed by atoms with Gasteiger partial charge in [-0.2, -0.15) is 0 Å². The number of nitrogens with zero attached hydrogens (tertiary/aromatic N) is 4. The van der Waals surface area contributed by atoms with Crippen molar-refractivity contribution in [1.29, 1.82) is 0 Å². The lowest BCUT2D eigenvalue weighted by Gasteiger charge is -2.26. The molecular weight excluding hydrogens is 238 g/mol. The lowest BCUT2D eigenvalue weighted by molar-refractivity contribution is 0.254. The van der Waals surface area contributed by atoms with Crippen molar-refractivity contribution >= 4 is 5.82 Å². The summed E-state index contributed by atoms with van der Waals surface area (Å²) in [6.07, 6.45) is 7.67. The topological polar surface area (TPSA) is 44.3 Å². The Morgan fingerprint density at radius 1 is 1.26 bits per heavy atom. The molecule has 2 fully saturated rings. The molecule has 0 aromatic carbocycles. The van der Waals surface area contributed by atoms with Gasteiger partial charge >= 0.3 is 0 Å². The van der Waals surface area contributed by atoms with E-state index >= 15 is 0 Å². The molecule has 0 radical (unpaired) electrons. The molecule has 2 aliphatic heterocycles. The summed E-state index contributed by atoms with van der Waals surface area (Å²) in [7, 11) is 4.21. The molecular formula is C14H23N5. The lowest BCUT2D eigenvalue weighted by Crippen LogP contribution is -2.37. The van der Waals surface area contributed by atoms with E-state index in [2.05, 4.69) is 27.1 Å². The first-order chi connectivity index (χ1) is 9.28. The van der Waals surface area contributed by atoms with Gasteiger partial charge in [0, 0.05) is 37.9 Å². The smallest absolute Gasteiger partial charge is 0.147 e. The predicted octanol–water partition coefficient (Wildman–Crippen LogP) is 0.869. The van der Waals surface area contributed by atoms with Crippen LogP contribution in [0.4, 0.5) is 5.82 Å². The second kappa shape index (κ2) is 5.43. The molecule has 19 heavy (non-hydrogen) atoms. The van der Waals surface area contributed by atoms with Crippen LogP contribution in [0.5, 0.6) is 0 Å². The van der Waals surface area contributed by atoms with E-state index in [1.807, 2.05) is 19.4 Å². The van der Waals surface area contributed by atoms with E-state index in [9.17, 15) is 0 Å². The number of nitrogens with one attached hydrogen (secondary N) is 1. The third-order valence-electron chi connectivity index (χ3n) is 4.50. The molecule has 3 heterocycles. The van der Waals surface area contributed by atoms with Crippen LogP contribution in [-0.2, 0) is 6.54 Å². The van der Waals surface area contributed by atoms with Gasteiger partial charge in [0.25, 0.3) is 0 Å². The highest BCUT2D eigenvalue weighted by atomic mass is 15.3. The Morgan fingerprint density at radius 3 is 2.95 bits per heavy atom. The van der Waals surface area contributed by atoms with Crippen LogP contribution in [0.25, 0.3) is 0 Å². The summed E-state index contributed by atoms with van der Waals surface area (Å²) in [5.74, 6) is 1.04. The highest BCUT2D eigenvalue weighted by Crippen LogP contribution is 2.29. The number of fused-ring (bicyclic) bond motifs is 2. The van der Waals surface area contributed by atoms with Gasteiger partial charge in [-0.25, -0.2) is 4.98 Å². The molecule has 2 aliphatic rings. The van der Waals surface area contributed by atoms with E-state index in [4.69, 9.17) is 4.98 Å². The van der Waals surface area contributed by atoms with Crippen LogP contribution in [0.1, 0.15) is 25.0 Å². The number of hydrogen-bond acceptors (Lipinski definition) is 5. The number of hydrogen-bond donors (Lipinski definition) is 1. The summed E-state index contributed by atoms with van der Waals surface area (Å²) in [6, 6.07) is 1.45. The monoisotopic (exact) mass is 261 g/mol. The van der Waals surface area contributed by atoms with Crippen LogP contribution in [0.3, 0.4) is 0 Å². The molecule has 2 saturated heterocycles. The summed E-state index contributed by atoms with van der Waals surface area (Å²) >= 11 is 0. The quantitative estimate of drug-likeness (QED) is 0.874. The zero-order valence-electron chi connectivity index (χ0n) is 11.8. The van der Waals surface area contributed by atoms with Gasteiger partial charge in [-0.1, -0.05) is 0 Å². The predicted molar refractivity (Wildman–Crippen MR) is 76.2 cm³/mol. The molecule has 0 amide bonds. The van der Waals surface area contributed by atoms with Crippen molar-refractivity contribution < 1.29 is 0 Å². The molecule has 1 aromatic heterocycles. The summed E-state index contributed by atoms with van der Waals surface area (Å²) in [6.45, 7) is 2.97. The first-order valence-electron chi connectivity index (χ1n) is 7.20. The molecule has 5 heteroatoms. The third-order valence-corrected chi connectivity index (χ3v) is 4.50. The standard InChI is InChI=1S/C14H23N5/c1-15-7-11-8-16-9-14(17-11)19-6-5-12-3-4-13(10-19)18(12)2/h8-9,12-13,15H,3-7,10H2,1-2H3. The minimum atomic E-state index is 0.683. The Hall–Kier alpha value is -1.20. The molecule has 5 nitrogen and oxygen atoms in total. The van der Waals surface area contributed by atoms with Crippen molar-refractivity contribution in [2.45, 2.75) is 37.9 Å². The number of anilines is 1. The SMILES string of the molecule is CNCc1cncc(N2CCC3CCC(C2)N3C)n1. The fourth-order valence-electron chi connectivity index (χ4n) is 3.33. The second-order valence-electron chi connectivity index (χ2n) is 5.68. The molecule has 2 atom stereocenters. The van der Waals surface area contributed by atoms with Gasteiger partial charge in [0.1, 0.15) is 5.82 Å². The Bertz CT molecular complexity index is 436. The molecule has 2 bridgehead atoms. The maximum Gasteiger partial charge on any atom is 0.147 e. The van der Waals surface area contributed by atoms with Gasteiger partial charge in [-0.15, -0.1) is 0 Å². The van der Waals surface area contributed by atoms with Crippen molar-refractivity contribution in [3.05, 3.63) is 18.1 Å². The van der Waals surface area contributed by atoms with Gasteiger partial charge in [0.2, 0.25) is 0 Å². The normalized spacial score (nSPS) is 27.6. The molecule has 0 aliphatic carbocycles. The Labute approximate surface area is 115 Å². The summed E-state index contributed by atoms with van der Waals surface area (Å²) in [5, 5.41) is 3.13. The molecule has 3 rings (SSSR count). The minimum absolute atomic E-state index is 0.683. The van der Waals surface area contributed by atoms with Gasteiger partial charge < -0.3 is 10.2 Å². The van der Waals surface area contributed by atoms with Gasteiger partial charge in [0.15, 0.2) is 0 Å². The third kappa shape index (κ3) is 2.58. The lowest BCUT2D eigenvalue weighted by atomic mass is 10.1. The van der Waals surface area contributed by atoms with Crippen LogP contribution in [0.15, 0.2) is 12.4 Å². The van der Waals surface area contributed by atoms with E-state index in [0.717, 1.165) is 37.2 Å². The van der Waals surface area contributed by atoms with Crippen molar-refractivity contribution in [2.75, 3.05) is 32.1 Å². The van der Waals surface area contributed by atoms with E-state index in [0.29, 0.717) is 6.04 Å². The van der Waals surface area contributed by atoms with E-state index < -0.39 is 0 Å². The van der Waals surface area contributed by atoms with Crippen LogP contribution >= 0.6 is 0 Å². The van der Waals surface area contributed by atoms with Crippen molar-refractivity contribution in [2.24, 2.45) is 0 Å². The van der Waals surface area contributed by atoms with Crippen molar-refractivity contribution in [3.8, 4) is 0 Å². The maximum absolute atomic E-state index is 4.72. The zero-order chi connectivity index (χ0) is 13.2. The second-order valence-corrected chi connectivity index (χ2v) is 5.68. The number of rotatable bonds is 3. The summed E-state index contributed by atoms with van der Waals surface area (Å²) in [5.41, 5.74) is 1.02. The first-order valence-corrected chi connectivity index (χ1v) is 7.20. The fourth-order valence-corrected chi connectivity index (χ4v) is 3.33. The fraction of sp³-hybridized carbons (Fsp3) is 0.714. The first kappa shape index (κ1) is 12.8. The average molecular weight is 261 g/mol. The van der Waals surface area contributed by atoms with Gasteiger partial charge in [-0.3, -0.25) is 9.88 Å². The highest BCUT2D eigenvalue weighted by molar-refractivity contribution is 5.37. The van der Waals surface area contributed by atoms with Crippen molar-refractivity contribution in [3.63, 3.8) is 0 Å². The highest BCUT2D eigenvalue weighted by Gasteiger charge is 2.34. The van der Waals surface area contributed by atoms with Gasteiger partial charge in [-0.05, 0) is 33.4 Å². The minimum Gasteiger partial charge on any atom is -0.354 e. The number of likely N-dealkylation sites (N-methyl/N-ethyl adjacent to an activating group) is 1. The van der Waals surface area contributed by atoms with Crippen LogP contribution < -0.4 is 10.2 Å². The van der Waals surface area contributed by atoms with Crippen LogP contribution in [0.2, 0.25) is 0 Å². The summed E-state index contributed by atoms with van der Waals surface area (Å²) < 4.78 is 0. The maximum atomic E-state index is 4.72. The van der Waals surface area contributed by atoms with Crippen LogP contribution in [-0.4, -0.2) is 54.1 Å². The molecule has 2 unspecified atom stereocenters. The zero-order valence-corrected chi connectivity index (χ0v) is 11.8. The average Bonchev–Trinajstić information content (AvgIpc) is 2.64. The molecule has 0 saturated carbocycles. The molecule has 104 valence electrons. The molecule has 1 aromatic rings. The van der Waals surface area contributed by atoms with E-state index in [1.165, 1.54) is 19.3 Å². The largest absolute Gasteiger partial charge is 0.354 e. The number of aromatic nitrogens is 2. The Morgan fingerprint density at radius 2 is 2.11 bits per heavy atom. The molecule has 1 N–H and O–H groups in total. The van der Waals surface area contributed by atoms with Crippen molar-refractivity contribution in [1.82, 2.24) is 20.2 Å². The van der Waals surface area contributed by atoms with Gasteiger partial charge in [0.05, 0.1) is 11.9 Å². The molecule has 0 spiro atoms. The Balaban J connectivity index is 1.77. The van der Waals surface area contributed by atoms with Crippen LogP contribution in [0, 0.1) is 0 Å². The van der Waals surface area contributed by atoms with E-state index in [1.54, 1.807) is 0 Å². The summed E-state index contributed by atoms with van der Waals surface area (Å²) in [4.78, 5) is 14.0. The van der Waals surface area contributed by atoms with E-state index in [-0.39, 0.29) is 0 Å². The Kier molecular flexibility index (Phi) is 3.66.